The lowest BCUT2D eigenvalue weighted by Gasteiger charge is -2.15. The Labute approximate surface area is 78.7 Å². The maximum absolute atomic E-state index is 10.8. The maximum Gasteiger partial charge on any atom is 0.235 e. The summed E-state index contributed by atoms with van der Waals surface area (Å²) in [4.78, 5) is 10.8. The van der Waals surface area contributed by atoms with E-state index in [4.69, 9.17) is 5.73 Å². The molecule has 0 aromatic heterocycles. The summed E-state index contributed by atoms with van der Waals surface area (Å²) in [7, 11) is -3.36. The first-order valence-corrected chi connectivity index (χ1v) is 5.88. The lowest BCUT2D eigenvalue weighted by atomic mass is 10.0. The van der Waals surface area contributed by atoms with Crippen molar-refractivity contribution in [1.29, 1.82) is 0 Å². The van der Waals surface area contributed by atoms with Crippen LogP contribution in [0.1, 0.15) is 20.3 Å². The van der Waals surface area contributed by atoms with Gasteiger partial charge in [0, 0.05) is 0 Å². The molecule has 0 aromatic carbocycles. The smallest absolute Gasteiger partial charge is 0.235 e. The summed E-state index contributed by atoms with van der Waals surface area (Å²) in [5, 5.41) is 0. The van der Waals surface area contributed by atoms with E-state index in [0.717, 1.165) is 6.26 Å². The fraction of sp³-hybridized carbons (Fsp3) is 0.857. The van der Waals surface area contributed by atoms with Gasteiger partial charge < -0.3 is 5.73 Å². The summed E-state index contributed by atoms with van der Waals surface area (Å²) in [6, 6.07) is -0.796. The molecule has 0 fully saturated rings. The third-order valence-electron chi connectivity index (χ3n) is 1.41. The van der Waals surface area contributed by atoms with Gasteiger partial charge in [0.15, 0.2) is 0 Å². The van der Waals surface area contributed by atoms with Crippen LogP contribution >= 0.6 is 0 Å². The predicted molar refractivity (Wildman–Crippen MR) is 50.4 cm³/mol. The van der Waals surface area contributed by atoms with E-state index >= 15 is 0 Å². The Morgan fingerprint density at radius 3 is 2.15 bits per heavy atom. The molecule has 1 unspecified atom stereocenters. The number of sulfonamides is 1. The molecular formula is C7H16N2O3S. The average molecular weight is 208 g/mol. The SMILES string of the molecule is CC(C)CC(NS(C)(=O)=O)C(N)=O. The second kappa shape index (κ2) is 4.57. The molecule has 3 N–H and O–H groups in total. The number of hydrogen-bond acceptors (Lipinski definition) is 3. The van der Waals surface area contributed by atoms with Crippen molar-refractivity contribution in [3.05, 3.63) is 0 Å². The highest BCUT2D eigenvalue weighted by molar-refractivity contribution is 7.88. The summed E-state index contributed by atoms with van der Waals surface area (Å²) in [6.07, 6.45) is 1.42. The van der Waals surface area contributed by atoms with Crippen molar-refractivity contribution in [2.45, 2.75) is 26.3 Å². The Hall–Kier alpha value is -0.620. The summed E-state index contributed by atoms with van der Waals surface area (Å²) in [6.45, 7) is 3.78. The van der Waals surface area contributed by atoms with Gasteiger partial charge >= 0.3 is 0 Å². The zero-order chi connectivity index (χ0) is 10.6. The highest BCUT2D eigenvalue weighted by Gasteiger charge is 2.20. The largest absolute Gasteiger partial charge is 0.368 e. The highest BCUT2D eigenvalue weighted by atomic mass is 32.2. The standard InChI is InChI=1S/C7H16N2O3S/c1-5(2)4-6(7(8)10)9-13(3,11)12/h5-6,9H,4H2,1-3H3,(H2,8,10). The van der Waals surface area contributed by atoms with Crippen LogP contribution in [-0.4, -0.2) is 26.6 Å². The van der Waals surface area contributed by atoms with Crippen molar-refractivity contribution < 1.29 is 13.2 Å². The van der Waals surface area contributed by atoms with Crippen LogP contribution in [0, 0.1) is 5.92 Å². The van der Waals surface area contributed by atoms with E-state index in [1.807, 2.05) is 13.8 Å². The van der Waals surface area contributed by atoms with Gasteiger partial charge in [-0.05, 0) is 12.3 Å². The van der Waals surface area contributed by atoms with Gasteiger partial charge in [-0.25, -0.2) is 13.1 Å². The maximum atomic E-state index is 10.8. The highest BCUT2D eigenvalue weighted by Crippen LogP contribution is 2.04. The van der Waals surface area contributed by atoms with Gasteiger partial charge in [-0.2, -0.15) is 0 Å². The Morgan fingerprint density at radius 2 is 1.92 bits per heavy atom. The topological polar surface area (TPSA) is 89.3 Å². The summed E-state index contributed by atoms with van der Waals surface area (Å²) < 4.78 is 23.8. The normalized spacial score (nSPS) is 14.5. The molecule has 0 saturated carbocycles. The predicted octanol–water partition coefficient (Wildman–Crippen LogP) is -0.564. The minimum atomic E-state index is -3.36. The van der Waals surface area contributed by atoms with E-state index in [-0.39, 0.29) is 5.92 Å². The van der Waals surface area contributed by atoms with E-state index in [1.165, 1.54) is 0 Å². The molecule has 0 aliphatic carbocycles. The molecule has 13 heavy (non-hydrogen) atoms. The van der Waals surface area contributed by atoms with Crippen LogP contribution in [0.15, 0.2) is 0 Å². The van der Waals surface area contributed by atoms with Crippen LogP contribution in [-0.2, 0) is 14.8 Å². The summed E-state index contributed by atoms with van der Waals surface area (Å²) in [5.74, 6) is -0.425. The molecule has 0 aliphatic rings. The molecule has 5 nitrogen and oxygen atoms in total. The molecule has 78 valence electrons. The Kier molecular flexibility index (Phi) is 4.35. The molecule has 0 radical (unpaired) electrons. The number of primary amides is 1. The van der Waals surface area contributed by atoms with E-state index in [9.17, 15) is 13.2 Å². The minimum absolute atomic E-state index is 0.215. The van der Waals surface area contributed by atoms with Crippen LogP contribution in [0.4, 0.5) is 0 Å². The summed E-state index contributed by atoms with van der Waals surface area (Å²) >= 11 is 0. The molecule has 0 saturated heterocycles. The number of nitrogens with two attached hydrogens (primary N) is 1. The third kappa shape index (κ3) is 6.53. The van der Waals surface area contributed by atoms with Crippen LogP contribution < -0.4 is 10.5 Å². The zero-order valence-electron chi connectivity index (χ0n) is 8.07. The third-order valence-corrected chi connectivity index (χ3v) is 2.12. The van der Waals surface area contributed by atoms with Crippen LogP contribution in [0.25, 0.3) is 0 Å². The van der Waals surface area contributed by atoms with Crippen LogP contribution in [0.2, 0.25) is 0 Å². The van der Waals surface area contributed by atoms with Crippen molar-refractivity contribution in [1.82, 2.24) is 4.72 Å². The number of nitrogens with one attached hydrogen (secondary N) is 1. The van der Waals surface area contributed by atoms with Crippen molar-refractivity contribution in [2.24, 2.45) is 11.7 Å². The molecule has 1 atom stereocenters. The van der Waals surface area contributed by atoms with Gasteiger partial charge in [-0.15, -0.1) is 0 Å². The Morgan fingerprint density at radius 1 is 1.46 bits per heavy atom. The monoisotopic (exact) mass is 208 g/mol. The minimum Gasteiger partial charge on any atom is -0.368 e. The molecular weight excluding hydrogens is 192 g/mol. The van der Waals surface area contributed by atoms with Crippen molar-refractivity contribution >= 4 is 15.9 Å². The fourth-order valence-electron chi connectivity index (χ4n) is 0.952. The Balaban J connectivity index is 4.37. The van der Waals surface area contributed by atoms with Gasteiger partial charge in [-0.1, -0.05) is 13.8 Å². The molecule has 0 rings (SSSR count). The van der Waals surface area contributed by atoms with Crippen LogP contribution in [0.5, 0.6) is 0 Å². The van der Waals surface area contributed by atoms with Crippen LogP contribution in [0.3, 0.4) is 0 Å². The first kappa shape index (κ1) is 12.4. The molecule has 0 aliphatic heterocycles. The molecule has 0 aromatic rings. The van der Waals surface area contributed by atoms with E-state index in [0.29, 0.717) is 6.42 Å². The van der Waals surface area contributed by atoms with Gasteiger partial charge in [0.2, 0.25) is 15.9 Å². The molecule has 6 heteroatoms. The number of carbonyl (C=O) groups excluding carboxylic acids is 1. The van der Waals surface area contributed by atoms with E-state index in [2.05, 4.69) is 4.72 Å². The van der Waals surface area contributed by atoms with Crippen molar-refractivity contribution in [2.75, 3.05) is 6.26 Å². The molecule has 0 heterocycles. The quantitative estimate of drug-likeness (QED) is 0.634. The number of rotatable bonds is 5. The zero-order valence-corrected chi connectivity index (χ0v) is 8.89. The second-order valence-corrected chi connectivity index (χ2v) is 5.25. The molecule has 0 bridgehead atoms. The van der Waals surface area contributed by atoms with E-state index < -0.39 is 22.0 Å². The van der Waals surface area contributed by atoms with Gasteiger partial charge in [0.1, 0.15) is 6.04 Å². The van der Waals surface area contributed by atoms with Gasteiger partial charge in [0.05, 0.1) is 6.26 Å². The number of hydrogen-bond donors (Lipinski definition) is 2. The van der Waals surface area contributed by atoms with Crippen molar-refractivity contribution in [3.8, 4) is 0 Å². The lowest BCUT2D eigenvalue weighted by molar-refractivity contribution is -0.119. The molecule has 1 amide bonds. The van der Waals surface area contributed by atoms with Crippen molar-refractivity contribution in [3.63, 3.8) is 0 Å². The number of carbonyl (C=O) groups is 1. The summed E-state index contributed by atoms with van der Waals surface area (Å²) in [5.41, 5.74) is 5.03. The first-order chi connectivity index (χ1) is 5.72. The first-order valence-electron chi connectivity index (χ1n) is 3.99. The fourth-order valence-corrected chi connectivity index (χ4v) is 1.68. The molecule has 0 spiro atoms. The average Bonchev–Trinajstić information content (AvgIpc) is 1.81. The second-order valence-electron chi connectivity index (χ2n) is 3.47. The van der Waals surface area contributed by atoms with Gasteiger partial charge in [0.25, 0.3) is 0 Å². The van der Waals surface area contributed by atoms with Gasteiger partial charge in [-0.3, -0.25) is 4.79 Å². The Bertz CT molecular complexity index is 271. The lowest BCUT2D eigenvalue weighted by Crippen LogP contribution is -2.44. The van der Waals surface area contributed by atoms with E-state index in [1.54, 1.807) is 0 Å². The number of amides is 1.